The van der Waals surface area contributed by atoms with Crippen molar-refractivity contribution >= 4 is 27.7 Å². The number of halogens is 1. The Morgan fingerprint density at radius 1 is 1.32 bits per heavy atom. The molecule has 1 aliphatic heterocycles. The summed E-state index contributed by atoms with van der Waals surface area (Å²) in [7, 11) is 0. The standard InChI is InChI=1S/C14H15BrO4/c1-9-6-18-7-12(9)14(17)19-8-13(16)10-2-4-11(15)5-3-10/h2-5,9,12H,6-8H2,1H3/t9-,12-/m1/s1. The van der Waals surface area contributed by atoms with E-state index in [0.29, 0.717) is 18.8 Å². The smallest absolute Gasteiger partial charge is 0.312 e. The van der Waals surface area contributed by atoms with Crippen molar-refractivity contribution < 1.29 is 19.1 Å². The van der Waals surface area contributed by atoms with E-state index in [4.69, 9.17) is 9.47 Å². The van der Waals surface area contributed by atoms with Gasteiger partial charge >= 0.3 is 5.97 Å². The van der Waals surface area contributed by atoms with E-state index in [0.717, 1.165) is 4.47 Å². The molecule has 1 fully saturated rings. The molecule has 0 N–H and O–H groups in total. The minimum absolute atomic E-state index is 0.148. The molecule has 2 rings (SSSR count). The minimum Gasteiger partial charge on any atom is -0.457 e. The lowest BCUT2D eigenvalue weighted by Crippen LogP contribution is -2.25. The lowest BCUT2D eigenvalue weighted by molar-refractivity contribution is -0.148. The third-order valence-electron chi connectivity index (χ3n) is 3.18. The van der Waals surface area contributed by atoms with E-state index >= 15 is 0 Å². The molecule has 1 aromatic carbocycles. The van der Waals surface area contributed by atoms with Gasteiger partial charge in [-0.15, -0.1) is 0 Å². The first-order chi connectivity index (χ1) is 9.08. The van der Waals surface area contributed by atoms with Gasteiger partial charge in [-0.05, 0) is 18.1 Å². The van der Waals surface area contributed by atoms with Crippen LogP contribution in [-0.4, -0.2) is 31.6 Å². The fourth-order valence-electron chi connectivity index (χ4n) is 1.92. The highest BCUT2D eigenvalue weighted by atomic mass is 79.9. The molecule has 1 aliphatic rings. The summed E-state index contributed by atoms with van der Waals surface area (Å²) in [4.78, 5) is 23.6. The van der Waals surface area contributed by atoms with Crippen LogP contribution in [0.2, 0.25) is 0 Å². The van der Waals surface area contributed by atoms with E-state index < -0.39 is 0 Å². The second kappa shape index (κ2) is 6.30. The van der Waals surface area contributed by atoms with E-state index in [1.807, 2.05) is 6.92 Å². The molecule has 0 aliphatic carbocycles. The van der Waals surface area contributed by atoms with Gasteiger partial charge in [0.2, 0.25) is 0 Å². The molecule has 19 heavy (non-hydrogen) atoms. The van der Waals surface area contributed by atoms with Gasteiger partial charge in [-0.3, -0.25) is 9.59 Å². The predicted molar refractivity (Wildman–Crippen MR) is 72.9 cm³/mol. The number of Topliss-reactive ketones (excluding diaryl/α,β-unsaturated/α-hetero) is 1. The van der Waals surface area contributed by atoms with E-state index in [2.05, 4.69) is 15.9 Å². The Bertz CT molecular complexity index is 469. The third kappa shape index (κ3) is 3.64. The van der Waals surface area contributed by atoms with Crippen molar-refractivity contribution in [3.05, 3.63) is 34.3 Å². The maximum Gasteiger partial charge on any atom is 0.312 e. The predicted octanol–water partition coefficient (Wildman–Crippen LogP) is 2.46. The topological polar surface area (TPSA) is 52.6 Å². The number of hydrogen-bond acceptors (Lipinski definition) is 4. The van der Waals surface area contributed by atoms with Gasteiger partial charge in [-0.2, -0.15) is 0 Å². The summed E-state index contributed by atoms with van der Waals surface area (Å²) >= 11 is 3.30. The van der Waals surface area contributed by atoms with E-state index in [9.17, 15) is 9.59 Å². The van der Waals surface area contributed by atoms with Crippen LogP contribution in [-0.2, 0) is 14.3 Å². The van der Waals surface area contributed by atoms with Crippen molar-refractivity contribution in [3.63, 3.8) is 0 Å². The Hall–Kier alpha value is -1.20. The average molecular weight is 327 g/mol. The summed E-state index contributed by atoms with van der Waals surface area (Å²) in [5, 5.41) is 0. The fourth-order valence-corrected chi connectivity index (χ4v) is 2.19. The molecule has 0 bridgehead atoms. The van der Waals surface area contributed by atoms with Crippen LogP contribution in [0.1, 0.15) is 17.3 Å². The molecule has 0 unspecified atom stereocenters. The fraction of sp³-hybridized carbons (Fsp3) is 0.429. The first kappa shape index (κ1) is 14.2. The molecular weight excluding hydrogens is 312 g/mol. The first-order valence-corrected chi connectivity index (χ1v) is 6.90. The van der Waals surface area contributed by atoms with E-state index in [-0.39, 0.29) is 30.2 Å². The molecule has 5 heteroatoms. The van der Waals surface area contributed by atoms with Crippen LogP contribution in [0, 0.1) is 11.8 Å². The summed E-state index contributed by atoms with van der Waals surface area (Å²) in [5.74, 6) is -0.657. The van der Waals surface area contributed by atoms with Crippen LogP contribution in [0.4, 0.5) is 0 Å². The Labute approximate surface area is 120 Å². The van der Waals surface area contributed by atoms with Crippen LogP contribution < -0.4 is 0 Å². The first-order valence-electron chi connectivity index (χ1n) is 6.11. The van der Waals surface area contributed by atoms with Gasteiger partial charge < -0.3 is 9.47 Å². The van der Waals surface area contributed by atoms with Gasteiger partial charge in [0.05, 0.1) is 19.1 Å². The summed E-state index contributed by atoms with van der Waals surface area (Å²) < 4.78 is 11.2. The van der Waals surface area contributed by atoms with Gasteiger partial charge in [0.25, 0.3) is 0 Å². The van der Waals surface area contributed by atoms with Gasteiger partial charge in [0.1, 0.15) is 0 Å². The minimum atomic E-state index is -0.351. The number of benzene rings is 1. The van der Waals surface area contributed by atoms with Crippen molar-refractivity contribution in [1.29, 1.82) is 0 Å². The second-order valence-electron chi connectivity index (χ2n) is 4.66. The van der Waals surface area contributed by atoms with Crippen LogP contribution in [0.25, 0.3) is 0 Å². The maximum atomic E-state index is 11.8. The monoisotopic (exact) mass is 326 g/mol. The maximum absolute atomic E-state index is 11.8. The molecule has 0 aromatic heterocycles. The number of carbonyl (C=O) groups excluding carboxylic acids is 2. The number of rotatable bonds is 4. The molecule has 102 valence electrons. The molecule has 2 atom stereocenters. The summed E-state index contributed by atoms with van der Waals surface area (Å²) in [6, 6.07) is 6.95. The highest BCUT2D eigenvalue weighted by Gasteiger charge is 2.32. The summed E-state index contributed by atoms with van der Waals surface area (Å²) in [6.45, 7) is 2.67. The van der Waals surface area contributed by atoms with Crippen molar-refractivity contribution in [2.75, 3.05) is 19.8 Å². The number of ketones is 1. The largest absolute Gasteiger partial charge is 0.457 e. The van der Waals surface area contributed by atoms with Crippen molar-refractivity contribution in [1.82, 2.24) is 0 Å². The second-order valence-corrected chi connectivity index (χ2v) is 5.57. The number of hydrogen-bond donors (Lipinski definition) is 0. The number of ether oxygens (including phenoxy) is 2. The lowest BCUT2D eigenvalue weighted by atomic mass is 9.99. The molecule has 0 saturated carbocycles. The van der Waals surface area contributed by atoms with E-state index in [1.54, 1.807) is 24.3 Å². The van der Waals surface area contributed by atoms with Crippen molar-refractivity contribution in [2.24, 2.45) is 11.8 Å². The summed E-state index contributed by atoms with van der Waals surface area (Å²) in [5.41, 5.74) is 0.534. The van der Waals surface area contributed by atoms with Crippen molar-refractivity contribution in [2.45, 2.75) is 6.92 Å². The van der Waals surface area contributed by atoms with E-state index in [1.165, 1.54) is 0 Å². The normalized spacial score (nSPS) is 22.2. The Balaban J connectivity index is 1.86. The lowest BCUT2D eigenvalue weighted by Gasteiger charge is -2.12. The molecule has 0 radical (unpaired) electrons. The number of carbonyl (C=O) groups is 2. The van der Waals surface area contributed by atoms with Gasteiger partial charge in [-0.1, -0.05) is 35.0 Å². The van der Waals surface area contributed by atoms with Crippen LogP contribution >= 0.6 is 15.9 Å². The SMILES string of the molecule is C[C@@H]1COC[C@H]1C(=O)OCC(=O)c1ccc(Br)cc1. The zero-order chi connectivity index (χ0) is 13.8. The molecule has 1 heterocycles. The van der Waals surface area contributed by atoms with Gasteiger partial charge in [0, 0.05) is 10.0 Å². The van der Waals surface area contributed by atoms with Crippen LogP contribution in [0.3, 0.4) is 0 Å². The Morgan fingerprint density at radius 2 is 2.00 bits per heavy atom. The van der Waals surface area contributed by atoms with Gasteiger partial charge in [0.15, 0.2) is 12.4 Å². The highest BCUT2D eigenvalue weighted by molar-refractivity contribution is 9.10. The molecule has 0 amide bonds. The molecular formula is C14H15BrO4. The molecule has 0 spiro atoms. The Kier molecular flexibility index (Phi) is 4.71. The number of esters is 1. The quantitative estimate of drug-likeness (QED) is 0.630. The zero-order valence-corrected chi connectivity index (χ0v) is 12.2. The average Bonchev–Trinajstić information content (AvgIpc) is 2.83. The van der Waals surface area contributed by atoms with Crippen LogP contribution in [0.5, 0.6) is 0 Å². The highest BCUT2D eigenvalue weighted by Crippen LogP contribution is 2.21. The third-order valence-corrected chi connectivity index (χ3v) is 3.71. The molecule has 1 aromatic rings. The molecule has 1 saturated heterocycles. The Morgan fingerprint density at radius 3 is 2.58 bits per heavy atom. The zero-order valence-electron chi connectivity index (χ0n) is 10.6. The summed E-state index contributed by atoms with van der Waals surface area (Å²) in [6.07, 6.45) is 0. The van der Waals surface area contributed by atoms with Crippen molar-refractivity contribution in [3.8, 4) is 0 Å². The van der Waals surface area contributed by atoms with Gasteiger partial charge in [-0.25, -0.2) is 0 Å². The van der Waals surface area contributed by atoms with Crippen LogP contribution in [0.15, 0.2) is 28.7 Å². The molecule has 4 nitrogen and oxygen atoms in total.